The van der Waals surface area contributed by atoms with E-state index < -0.39 is 12.4 Å². The van der Waals surface area contributed by atoms with E-state index in [9.17, 15) is 10.2 Å². The van der Waals surface area contributed by atoms with Crippen LogP contribution in [-0.2, 0) is 4.74 Å². The van der Waals surface area contributed by atoms with Crippen LogP contribution in [0.3, 0.4) is 0 Å². The van der Waals surface area contributed by atoms with Crippen molar-refractivity contribution < 1.29 is 14.9 Å². The highest BCUT2D eigenvalue weighted by Crippen LogP contribution is 2.22. The van der Waals surface area contributed by atoms with E-state index in [1.165, 1.54) is 0 Å². The zero-order valence-electron chi connectivity index (χ0n) is 9.18. The summed E-state index contributed by atoms with van der Waals surface area (Å²) in [6.07, 6.45) is -1.03. The molecule has 4 heteroatoms. The number of likely N-dealkylation sites (N-methyl/N-ethyl adjacent to an activating group) is 1. The van der Waals surface area contributed by atoms with Crippen molar-refractivity contribution in [3.05, 3.63) is 0 Å². The molecule has 0 aromatic carbocycles. The van der Waals surface area contributed by atoms with E-state index >= 15 is 0 Å². The lowest BCUT2D eigenvalue weighted by molar-refractivity contribution is -0.215. The Balaban J connectivity index is 2.64. The first-order valence-corrected chi connectivity index (χ1v) is 5.35. The van der Waals surface area contributed by atoms with Gasteiger partial charge in [-0.15, -0.1) is 0 Å². The molecule has 0 aromatic rings. The lowest BCUT2D eigenvalue weighted by Gasteiger charge is -2.41. The highest BCUT2D eigenvalue weighted by molar-refractivity contribution is 4.86. The van der Waals surface area contributed by atoms with Gasteiger partial charge in [0.25, 0.3) is 0 Å². The van der Waals surface area contributed by atoms with Gasteiger partial charge in [-0.25, -0.2) is 0 Å². The summed E-state index contributed by atoms with van der Waals surface area (Å²) < 4.78 is 5.15. The smallest absolute Gasteiger partial charge is 0.156 e. The van der Waals surface area contributed by atoms with Gasteiger partial charge in [0.05, 0.1) is 12.2 Å². The minimum absolute atomic E-state index is 0.0174. The van der Waals surface area contributed by atoms with Crippen molar-refractivity contribution >= 4 is 0 Å². The number of rotatable bonds is 3. The van der Waals surface area contributed by atoms with Crippen LogP contribution < -0.4 is 0 Å². The fourth-order valence-electron chi connectivity index (χ4n) is 2.10. The van der Waals surface area contributed by atoms with Gasteiger partial charge in [-0.05, 0) is 20.0 Å². The molecule has 0 aromatic heterocycles. The molecule has 1 rings (SSSR count). The maximum absolute atomic E-state index is 9.91. The summed E-state index contributed by atoms with van der Waals surface area (Å²) in [5.74, 6) is 0. The monoisotopic (exact) mass is 203 g/mol. The van der Waals surface area contributed by atoms with Gasteiger partial charge in [0.15, 0.2) is 6.29 Å². The van der Waals surface area contributed by atoms with Crippen molar-refractivity contribution in [3.8, 4) is 0 Å². The second kappa shape index (κ2) is 5.07. The van der Waals surface area contributed by atoms with Crippen LogP contribution in [0.2, 0.25) is 0 Å². The Kier molecular flexibility index (Phi) is 4.31. The van der Waals surface area contributed by atoms with Crippen molar-refractivity contribution in [2.75, 3.05) is 13.1 Å². The van der Waals surface area contributed by atoms with E-state index in [1.807, 2.05) is 0 Å². The molecule has 14 heavy (non-hydrogen) atoms. The van der Waals surface area contributed by atoms with Crippen LogP contribution in [0.1, 0.15) is 27.2 Å². The molecule has 2 N–H and O–H groups in total. The number of hydrogen-bond donors (Lipinski definition) is 2. The molecule has 84 valence electrons. The minimum Gasteiger partial charge on any atom is -0.389 e. The average molecular weight is 203 g/mol. The van der Waals surface area contributed by atoms with Gasteiger partial charge in [-0.1, -0.05) is 13.8 Å². The van der Waals surface area contributed by atoms with Crippen LogP contribution in [0, 0.1) is 0 Å². The summed E-state index contributed by atoms with van der Waals surface area (Å²) in [5.41, 5.74) is 0. The Morgan fingerprint density at radius 2 is 1.86 bits per heavy atom. The Morgan fingerprint density at radius 1 is 1.29 bits per heavy atom. The molecule has 0 amide bonds. The molecule has 1 fully saturated rings. The van der Waals surface area contributed by atoms with E-state index in [1.54, 1.807) is 6.92 Å². The first-order valence-electron chi connectivity index (χ1n) is 5.35. The highest BCUT2D eigenvalue weighted by Gasteiger charge is 2.36. The minimum atomic E-state index is -0.737. The number of aliphatic hydroxyl groups excluding tert-OH is 2. The second-order valence-electron chi connectivity index (χ2n) is 3.81. The third-order valence-electron chi connectivity index (χ3n) is 2.97. The average Bonchev–Trinajstić information content (AvgIpc) is 2.15. The Bertz CT molecular complexity index is 171. The summed E-state index contributed by atoms with van der Waals surface area (Å²) in [7, 11) is 0. The third kappa shape index (κ3) is 2.45. The SMILES string of the molecule is CCN(CC)C1CC(O)OC(C)C1O. The maximum atomic E-state index is 9.91. The molecule has 1 aliphatic heterocycles. The third-order valence-corrected chi connectivity index (χ3v) is 2.97. The Hall–Kier alpha value is -0.160. The summed E-state index contributed by atoms with van der Waals surface area (Å²) in [4.78, 5) is 2.16. The molecule has 0 spiro atoms. The van der Waals surface area contributed by atoms with Gasteiger partial charge in [0.1, 0.15) is 0 Å². The molecule has 0 saturated carbocycles. The number of hydrogen-bond acceptors (Lipinski definition) is 4. The van der Waals surface area contributed by atoms with E-state index in [0.29, 0.717) is 6.42 Å². The fraction of sp³-hybridized carbons (Fsp3) is 1.00. The molecule has 0 aliphatic carbocycles. The zero-order chi connectivity index (χ0) is 10.7. The van der Waals surface area contributed by atoms with Gasteiger partial charge in [-0.2, -0.15) is 0 Å². The standard InChI is InChI=1S/C10H21NO3/c1-4-11(5-2)8-6-9(12)14-7(3)10(8)13/h7-10,12-13H,4-6H2,1-3H3. The predicted molar refractivity (Wildman–Crippen MR) is 53.9 cm³/mol. The van der Waals surface area contributed by atoms with Gasteiger partial charge < -0.3 is 14.9 Å². The van der Waals surface area contributed by atoms with Crippen LogP contribution in [0.5, 0.6) is 0 Å². The first kappa shape index (κ1) is 11.9. The Morgan fingerprint density at radius 3 is 2.36 bits per heavy atom. The number of nitrogens with zero attached hydrogens (tertiary/aromatic N) is 1. The molecule has 4 atom stereocenters. The lowest BCUT2D eigenvalue weighted by Crippen LogP contribution is -2.54. The lowest BCUT2D eigenvalue weighted by atomic mass is 9.98. The van der Waals surface area contributed by atoms with Gasteiger partial charge in [0.2, 0.25) is 0 Å². The highest BCUT2D eigenvalue weighted by atomic mass is 16.6. The number of ether oxygens (including phenoxy) is 1. The zero-order valence-corrected chi connectivity index (χ0v) is 9.18. The molecular weight excluding hydrogens is 182 g/mol. The van der Waals surface area contributed by atoms with Gasteiger partial charge in [0, 0.05) is 12.5 Å². The normalized spacial score (nSPS) is 39.0. The quantitative estimate of drug-likeness (QED) is 0.687. The van der Waals surface area contributed by atoms with E-state index in [2.05, 4.69) is 18.7 Å². The summed E-state index contributed by atoms with van der Waals surface area (Å²) in [6.45, 7) is 7.68. The van der Waals surface area contributed by atoms with Crippen LogP contribution in [0.15, 0.2) is 0 Å². The molecule has 0 radical (unpaired) electrons. The van der Waals surface area contributed by atoms with E-state index in [0.717, 1.165) is 13.1 Å². The molecule has 4 unspecified atom stereocenters. The molecule has 1 aliphatic rings. The molecule has 0 bridgehead atoms. The van der Waals surface area contributed by atoms with Crippen LogP contribution in [0.4, 0.5) is 0 Å². The maximum Gasteiger partial charge on any atom is 0.156 e. The predicted octanol–water partition coefficient (Wildman–Crippen LogP) is 0.185. The second-order valence-corrected chi connectivity index (χ2v) is 3.81. The molecule has 1 heterocycles. The van der Waals surface area contributed by atoms with Crippen molar-refractivity contribution in [2.45, 2.75) is 51.7 Å². The first-order chi connectivity index (χ1) is 6.60. The van der Waals surface area contributed by atoms with Crippen LogP contribution in [0.25, 0.3) is 0 Å². The fourth-order valence-corrected chi connectivity index (χ4v) is 2.10. The van der Waals surface area contributed by atoms with Gasteiger partial charge >= 0.3 is 0 Å². The molecule has 4 nitrogen and oxygen atoms in total. The van der Waals surface area contributed by atoms with E-state index in [-0.39, 0.29) is 12.1 Å². The van der Waals surface area contributed by atoms with Crippen molar-refractivity contribution in [1.82, 2.24) is 4.90 Å². The Labute approximate surface area is 85.5 Å². The number of aliphatic hydroxyl groups is 2. The molecule has 1 saturated heterocycles. The van der Waals surface area contributed by atoms with Crippen molar-refractivity contribution in [1.29, 1.82) is 0 Å². The van der Waals surface area contributed by atoms with Crippen molar-refractivity contribution in [2.24, 2.45) is 0 Å². The summed E-state index contributed by atoms with van der Waals surface area (Å²) in [5, 5.41) is 19.4. The molecular formula is C10H21NO3. The largest absolute Gasteiger partial charge is 0.389 e. The van der Waals surface area contributed by atoms with Crippen LogP contribution in [-0.4, -0.2) is 52.7 Å². The van der Waals surface area contributed by atoms with Crippen molar-refractivity contribution in [3.63, 3.8) is 0 Å². The summed E-state index contributed by atoms with van der Waals surface area (Å²) >= 11 is 0. The topological polar surface area (TPSA) is 52.9 Å². The van der Waals surface area contributed by atoms with E-state index in [4.69, 9.17) is 4.74 Å². The van der Waals surface area contributed by atoms with Crippen LogP contribution >= 0.6 is 0 Å². The summed E-state index contributed by atoms with van der Waals surface area (Å²) in [6, 6.07) is 0.0174. The van der Waals surface area contributed by atoms with Gasteiger partial charge in [-0.3, -0.25) is 4.90 Å².